The van der Waals surface area contributed by atoms with Crippen LogP contribution < -0.4 is 10.1 Å². The largest absolute Gasteiger partial charge is 0.497 e. The molecule has 2 heterocycles. The Morgan fingerprint density at radius 2 is 1.73 bits per heavy atom. The molecule has 1 aromatic carbocycles. The highest BCUT2D eigenvalue weighted by Gasteiger charge is 2.15. The zero-order valence-corrected chi connectivity index (χ0v) is 16.7. The molecule has 0 unspecified atom stereocenters. The number of methoxy groups -OCH3 is 1. The van der Waals surface area contributed by atoms with Crippen LogP contribution in [0.5, 0.6) is 5.75 Å². The number of esters is 1. The van der Waals surface area contributed by atoms with Crippen LogP contribution in [0.4, 0.5) is 0 Å². The van der Waals surface area contributed by atoms with Crippen LogP contribution in [0.3, 0.4) is 0 Å². The van der Waals surface area contributed by atoms with E-state index in [0.29, 0.717) is 11.6 Å². The van der Waals surface area contributed by atoms with Crippen molar-refractivity contribution >= 4 is 17.8 Å². The van der Waals surface area contributed by atoms with Crippen molar-refractivity contribution in [3.05, 3.63) is 71.2 Å². The number of hydrogen-bond donors (Lipinski definition) is 1. The van der Waals surface area contributed by atoms with Crippen molar-refractivity contribution in [1.29, 1.82) is 0 Å². The smallest absolute Gasteiger partial charge is 0.340 e. The fourth-order valence-corrected chi connectivity index (χ4v) is 2.68. The molecule has 3 aromatic rings. The van der Waals surface area contributed by atoms with Gasteiger partial charge in [0.15, 0.2) is 12.4 Å². The van der Waals surface area contributed by atoms with Crippen molar-refractivity contribution in [3.63, 3.8) is 0 Å². The van der Waals surface area contributed by atoms with Crippen molar-refractivity contribution in [2.45, 2.75) is 13.8 Å². The summed E-state index contributed by atoms with van der Waals surface area (Å²) in [6.45, 7) is 3.18. The summed E-state index contributed by atoms with van der Waals surface area (Å²) in [5.41, 5.74) is 2.22. The number of aromatic nitrogens is 3. The van der Waals surface area contributed by atoms with Gasteiger partial charge in [0, 0.05) is 17.5 Å². The number of imide groups is 1. The van der Waals surface area contributed by atoms with E-state index in [4.69, 9.17) is 9.47 Å². The fraction of sp³-hybridized carbons (Fsp3) is 0.190. The standard InChI is InChI=1S/C21H20N4O5/c1-13-10-14(2)25(24-13)18-9-6-16(11-22-18)21(28)30-12-19(26)23-20(27)15-4-7-17(29-3)8-5-15/h4-11H,12H2,1-3H3,(H,23,26,27). The van der Waals surface area contributed by atoms with Gasteiger partial charge in [0.05, 0.1) is 18.4 Å². The van der Waals surface area contributed by atoms with Crippen molar-refractivity contribution in [2.75, 3.05) is 13.7 Å². The van der Waals surface area contributed by atoms with Gasteiger partial charge >= 0.3 is 5.97 Å². The summed E-state index contributed by atoms with van der Waals surface area (Å²) < 4.78 is 11.6. The highest BCUT2D eigenvalue weighted by Crippen LogP contribution is 2.12. The third kappa shape index (κ3) is 4.88. The first-order valence-electron chi connectivity index (χ1n) is 9.02. The average molecular weight is 408 g/mol. The Bertz CT molecular complexity index is 1070. The maximum atomic E-state index is 12.1. The molecule has 3 rings (SSSR count). The van der Waals surface area contributed by atoms with Gasteiger partial charge in [-0.15, -0.1) is 0 Å². The van der Waals surface area contributed by atoms with E-state index >= 15 is 0 Å². The summed E-state index contributed by atoms with van der Waals surface area (Å²) in [7, 11) is 1.51. The molecule has 9 heteroatoms. The van der Waals surface area contributed by atoms with Gasteiger partial charge in [0.1, 0.15) is 5.75 Å². The minimum Gasteiger partial charge on any atom is -0.497 e. The molecule has 154 valence electrons. The molecule has 2 aromatic heterocycles. The minimum absolute atomic E-state index is 0.176. The Balaban J connectivity index is 1.53. The first kappa shape index (κ1) is 20.7. The number of hydrogen-bond acceptors (Lipinski definition) is 7. The van der Waals surface area contributed by atoms with Crippen LogP contribution in [-0.4, -0.2) is 46.3 Å². The highest BCUT2D eigenvalue weighted by atomic mass is 16.5. The summed E-state index contributed by atoms with van der Waals surface area (Å²) in [5, 5.41) is 6.48. The van der Waals surface area contributed by atoms with Crippen molar-refractivity contribution in [3.8, 4) is 11.6 Å². The van der Waals surface area contributed by atoms with Crippen LogP contribution in [0.1, 0.15) is 32.1 Å². The summed E-state index contributed by atoms with van der Waals surface area (Å²) >= 11 is 0. The number of rotatable bonds is 6. The molecule has 0 bridgehead atoms. The fourth-order valence-electron chi connectivity index (χ4n) is 2.68. The van der Waals surface area contributed by atoms with Crippen LogP contribution in [0.15, 0.2) is 48.7 Å². The molecule has 0 aliphatic rings. The lowest BCUT2D eigenvalue weighted by molar-refractivity contribution is -0.123. The van der Waals surface area contributed by atoms with Gasteiger partial charge in [-0.1, -0.05) is 0 Å². The molecular weight excluding hydrogens is 388 g/mol. The first-order chi connectivity index (χ1) is 14.4. The number of amides is 2. The van der Waals surface area contributed by atoms with E-state index in [-0.39, 0.29) is 11.1 Å². The van der Waals surface area contributed by atoms with Crippen molar-refractivity contribution in [2.24, 2.45) is 0 Å². The predicted molar refractivity (Wildman–Crippen MR) is 107 cm³/mol. The zero-order chi connectivity index (χ0) is 21.7. The average Bonchev–Trinajstić information content (AvgIpc) is 3.10. The Kier molecular flexibility index (Phi) is 6.21. The van der Waals surface area contributed by atoms with Gasteiger partial charge in [-0.05, 0) is 56.3 Å². The summed E-state index contributed by atoms with van der Waals surface area (Å²) in [5.74, 6) is -0.926. The second kappa shape index (κ2) is 8.99. The number of ether oxygens (including phenoxy) is 2. The number of carbonyl (C=O) groups excluding carboxylic acids is 3. The number of pyridine rings is 1. The molecule has 2 amide bonds. The van der Waals surface area contributed by atoms with E-state index in [1.807, 2.05) is 19.9 Å². The molecule has 9 nitrogen and oxygen atoms in total. The van der Waals surface area contributed by atoms with Gasteiger partial charge in [-0.2, -0.15) is 5.10 Å². The normalized spacial score (nSPS) is 10.4. The van der Waals surface area contributed by atoms with Crippen LogP contribution in [-0.2, 0) is 9.53 Å². The predicted octanol–water partition coefficient (Wildman–Crippen LogP) is 2.01. The molecule has 0 spiro atoms. The topological polar surface area (TPSA) is 112 Å². The first-order valence-corrected chi connectivity index (χ1v) is 9.02. The monoisotopic (exact) mass is 408 g/mol. The minimum atomic E-state index is -0.739. The Morgan fingerprint density at radius 1 is 1.03 bits per heavy atom. The van der Waals surface area contributed by atoms with E-state index in [1.165, 1.54) is 31.5 Å². The van der Waals surface area contributed by atoms with E-state index in [0.717, 1.165) is 11.4 Å². The highest BCUT2D eigenvalue weighted by molar-refractivity contribution is 6.05. The lowest BCUT2D eigenvalue weighted by Gasteiger charge is -2.07. The summed E-state index contributed by atoms with van der Waals surface area (Å²) in [4.78, 5) is 40.3. The Morgan fingerprint density at radius 3 is 2.30 bits per heavy atom. The van der Waals surface area contributed by atoms with Gasteiger partial charge in [-0.25, -0.2) is 14.5 Å². The van der Waals surface area contributed by atoms with Crippen LogP contribution >= 0.6 is 0 Å². The number of nitrogens with zero attached hydrogens (tertiary/aromatic N) is 3. The van der Waals surface area contributed by atoms with Gasteiger partial charge in [0.2, 0.25) is 0 Å². The van der Waals surface area contributed by atoms with Gasteiger partial charge < -0.3 is 9.47 Å². The number of nitrogens with one attached hydrogen (secondary N) is 1. The van der Waals surface area contributed by atoms with Crippen molar-refractivity contribution in [1.82, 2.24) is 20.1 Å². The summed E-state index contributed by atoms with van der Waals surface area (Å²) in [6.07, 6.45) is 1.34. The lowest BCUT2D eigenvalue weighted by Crippen LogP contribution is -2.34. The van der Waals surface area contributed by atoms with Crippen LogP contribution in [0.25, 0.3) is 5.82 Å². The second-order valence-electron chi connectivity index (χ2n) is 6.43. The summed E-state index contributed by atoms with van der Waals surface area (Å²) in [6, 6.07) is 11.3. The molecule has 0 fully saturated rings. The van der Waals surface area contributed by atoms with E-state index in [9.17, 15) is 14.4 Å². The van der Waals surface area contributed by atoms with Gasteiger partial charge in [-0.3, -0.25) is 14.9 Å². The molecule has 30 heavy (non-hydrogen) atoms. The van der Waals surface area contributed by atoms with Crippen LogP contribution in [0, 0.1) is 13.8 Å². The molecule has 1 N–H and O–H groups in total. The molecular formula is C21H20N4O5. The molecule has 0 saturated carbocycles. The van der Waals surface area contributed by atoms with Crippen molar-refractivity contribution < 1.29 is 23.9 Å². The van der Waals surface area contributed by atoms with E-state index in [2.05, 4.69) is 15.4 Å². The third-order valence-corrected chi connectivity index (χ3v) is 4.15. The Hall–Kier alpha value is -4.01. The number of aryl methyl sites for hydroxylation is 2. The SMILES string of the molecule is COc1ccc(C(=O)NC(=O)COC(=O)c2ccc(-n3nc(C)cc3C)nc2)cc1. The van der Waals surface area contributed by atoms with E-state index in [1.54, 1.807) is 22.9 Å². The molecule has 0 aliphatic heterocycles. The van der Waals surface area contributed by atoms with Crippen LogP contribution in [0.2, 0.25) is 0 Å². The molecule has 0 radical (unpaired) electrons. The quantitative estimate of drug-likeness (QED) is 0.621. The Labute approximate surface area is 172 Å². The van der Waals surface area contributed by atoms with E-state index < -0.39 is 24.4 Å². The zero-order valence-electron chi connectivity index (χ0n) is 16.7. The maximum Gasteiger partial charge on any atom is 0.340 e. The molecule has 0 saturated heterocycles. The van der Waals surface area contributed by atoms with Gasteiger partial charge in [0.25, 0.3) is 11.8 Å². The maximum absolute atomic E-state index is 12.1. The lowest BCUT2D eigenvalue weighted by atomic mass is 10.2. The molecule has 0 atom stereocenters. The second-order valence-corrected chi connectivity index (χ2v) is 6.43. The number of benzene rings is 1. The third-order valence-electron chi connectivity index (χ3n) is 4.15. The molecule has 0 aliphatic carbocycles. The number of carbonyl (C=O) groups is 3.